The van der Waals surface area contributed by atoms with E-state index in [1.165, 1.54) is 16.3 Å². The number of fused-ring (bicyclic) bond motifs is 4. The topological polar surface area (TPSA) is 56.7 Å². The first-order chi connectivity index (χ1) is 31.6. The van der Waals surface area contributed by atoms with Crippen LogP contribution >= 0.6 is 0 Å². The molecular formula is C59H56IrN4OSi-2. The fraction of sp³-hybridized carbons (Fsp3) is 0.203. The van der Waals surface area contributed by atoms with Crippen molar-refractivity contribution in [3.8, 4) is 39.5 Å². The van der Waals surface area contributed by atoms with Crippen molar-refractivity contribution in [2.24, 2.45) is 0 Å². The molecule has 2 unspecified atom stereocenters. The van der Waals surface area contributed by atoms with Crippen LogP contribution in [0.1, 0.15) is 70.2 Å². The van der Waals surface area contributed by atoms with Crippen molar-refractivity contribution in [3.05, 3.63) is 198 Å². The molecule has 0 amide bonds. The molecule has 66 heavy (non-hydrogen) atoms. The molecule has 5 nitrogen and oxygen atoms in total. The molecule has 0 aliphatic heterocycles. The van der Waals surface area contributed by atoms with Gasteiger partial charge in [0.1, 0.15) is 0 Å². The molecule has 0 bridgehead atoms. The molecule has 0 saturated carbocycles. The van der Waals surface area contributed by atoms with E-state index in [2.05, 4.69) is 172 Å². The van der Waals surface area contributed by atoms with E-state index < -0.39 is 14.0 Å². The number of pyridine rings is 2. The van der Waals surface area contributed by atoms with Crippen LogP contribution in [0.25, 0.3) is 72.6 Å². The van der Waals surface area contributed by atoms with Crippen LogP contribution in [0.5, 0.6) is 0 Å². The number of aromatic nitrogens is 4. The van der Waals surface area contributed by atoms with Crippen LogP contribution < -0.4 is 5.19 Å². The summed E-state index contributed by atoms with van der Waals surface area (Å²) in [6.07, 6.45) is 2.02. The first-order valence-electron chi connectivity index (χ1n) is 23.0. The molecule has 4 heterocycles. The number of para-hydroxylation sites is 2. The summed E-state index contributed by atoms with van der Waals surface area (Å²) in [6.45, 7) is 19.9. The fourth-order valence-electron chi connectivity index (χ4n) is 8.67. The molecule has 6 aromatic carbocycles. The van der Waals surface area contributed by atoms with Crippen molar-refractivity contribution in [2.75, 3.05) is 0 Å². The van der Waals surface area contributed by atoms with Gasteiger partial charge in [-0.05, 0) is 88.1 Å². The summed E-state index contributed by atoms with van der Waals surface area (Å²) in [7, 11) is -1.65. The van der Waals surface area contributed by atoms with E-state index in [-0.39, 0.29) is 31.4 Å². The van der Waals surface area contributed by atoms with E-state index in [1.54, 1.807) is 0 Å². The molecule has 7 heteroatoms. The van der Waals surface area contributed by atoms with E-state index in [0.29, 0.717) is 5.71 Å². The van der Waals surface area contributed by atoms with Gasteiger partial charge in [-0.1, -0.05) is 156 Å². The number of benzene rings is 6. The summed E-state index contributed by atoms with van der Waals surface area (Å²) in [5.41, 5.74) is 13.9. The standard InChI is InChI=1S/C35H28N3O.C24H28NSi.Ir/c1-22-17-19-26-25-13-10-14-27(32(25)39-34(26)36-22)33-37-29-15-8-9-16-31(29)38(33)30-20-18-24(35(2,3)4)21-28(30)23-11-6-5-7-12-23;1-18(20-12-8-6-9-13-20)19(2)22-16-23(21-14-10-7-11-15-21)25-17-24(22)26(3,4)5;/h5-13,15-21H,1-4H3;6-14,16-19H,1-5H3;/q2*-1;/i;19D;. The molecular weight excluding hydrogens is 1000 g/mol. The largest absolute Gasteiger partial charge is 0.486 e. The predicted octanol–water partition coefficient (Wildman–Crippen LogP) is 15.1. The molecule has 0 fully saturated rings. The Labute approximate surface area is 405 Å². The van der Waals surface area contributed by atoms with Gasteiger partial charge in [-0.3, -0.25) is 4.98 Å². The third kappa shape index (κ3) is 9.26. The number of furan rings is 1. The molecule has 10 rings (SSSR count). The molecule has 1 radical (unpaired) electrons. The SMILES string of the molecule is Cc1ccc2c(n1)oc1c(-c3nc4ccccc4n3-c3ccc(C(C)(C)C)cc3-c3ccccc3)[c-]ccc12.[2H]C(C)(c1cc(-c2[c-]cccc2)ncc1[Si](C)(C)C)C(C)c1ccccc1.[Ir]. The maximum Gasteiger partial charge on any atom is 0.216 e. The van der Waals surface area contributed by atoms with Crippen molar-refractivity contribution in [3.63, 3.8) is 0 Å². The molecule has 333 valence electrons. The van der Waals surface area contributed by atoms with Crippen LogP contribution in [0.2, 0.25) is 19.6 Å². The molecule has 0 N–H and O–H groups in total. The Balaban J connectivity index is 0.000000192. The number of imidazole rings is 1. The van der Waals surface area contributed by atoms with Gasteiger partial charge in [0.15, 0.2) is 0 Å². The average Bonchev–Trinajstić information content (AvgIpc) is 3.89. The van der Waals surface area contributed by atoms with Gasteiger partial charge in [0.25, 0.3) is 0 Å². The number of aryl methyl sites for hydroxylation is 1. The van der Waals surface area contributed by atoms with E-state index in [9.17, 15) is 1.37 Å². The molecule has 0 saturated heterocycles. The van der Waals surface area contributed by atoms with Crippen molar-refractivity contribution in [1.82, 2.24) is 19.5 Å². The monoisotopic (exact) mass is 1060 g/mol. The van der Waals surface area contributed by atoms with E-state index in [4.69, 9.17) is 14.4 Å². The number of nitrogens with zero attached hydrogens (tertiary/aromatic N) is 4. The number of hydrogen-bond acceptors (Lipinski definition) is 4. The van der Waals surface area contributed by atoms with Crippen molar-refractivity contribution < 1.29 is 25.9 Å². The Hall–Kier alpha value is -6.24. The second-order valence-electron chi connectivity index (χ2n) is 19.1. The van der Waals surface area contributed by atoms with E-state index in [1.807, 2.05) is 74.6 Å². The van der Waals surface area contributed by atoms with Gasteiger partial charge < -0.3 is 14.0 Å². The zero-order valence-corrected chi connectivity index (χ0v) is 42.6. The first-order valence-corrected chi connectivity index (χ1v) is 26.0. The van der Waals surface area contributed by atoms with Gasteiger partial charge in [0.2, 0.25) is 5.71 Å². The molecule has 0 spiro atoms. The zero-order chi connectivity index (χ0) is 46.4. The van der Waals surface area contributed by atoms with E-state index >= 15 is 0 Å². The minimum absolute atomic E-state index is 0. The number of rotatable bonds is 8. The fourth-order valence-corrected chi connectivity index (χ4v) is 10.2. The summed E-state index contributed by atoms with van der Waals surface area (Å²) in [5, 5.41) is 3.27. The number of hydrogen-bond donors (Lipinski definition) is 0. The second-order valence-corrected chi connectivity index (χ2v) is 24.1. The van der Waals surface area contributed by atoms with Gasteiger partial charge in [0.05, 0.1) is 30.5 Å². The normalized spacial score (nSPS) is 13.4. The van der Waals surface area contributed by atoms with Gasteiger partial charge in [-0.15, -0.1) is 54.1 Å². The van der Waals surface area contributed by atoms with Crippen molar-refractivity contribution in [1.29, 1.82) is 0 Å². The Morgan fingerprint density at radius 3 is 2.15 bits per heavy atom. The van der Waals surface area contributed by atoms with Gasteiger partial charge >= 0.3 is 0 Å². The van der Waals surface area contributed by atoms with Crippen LogP contribution in [0.15, 0.2) is 168 Å². The third-order valence-corrected chi connectivity index (χ3v) is 14.5. The smallest absolute Gasteiger partial charge is 0.216 e. The summed E-state index contributed by atoms with van der Waals surface area (Å²) >= 11 is 0. The van der Waals surface area contributed by atoms with Crippen LogP contribution in [-0.4, -0.2) is 27.6 Å². The Morgan fingerprint density at radius 2 is 1.44 bits per heavy atom. The maximum absolute atomic E-state index is 9.37. The molecule has 0 aliphatic rings. The minimum Gasteiger partial charge on any atom is -0.486 e. The second kappa shape index (κ2) is 18.9. The van der Waals surface area contributed by atoms with Gasteiger partial charge in [-0.2, -0.15) is 0 Å². The quantitative estimate of drug-likeness (QED) is 0.112. The summed E-state index contributed by atoms with van der Waals surface area (Å²) in [5.74, 6) is 0.116. The molecule has 10 aromatic rings. The minimum atomic E-state index is -1.65. The van der Waals surface area contributed by atoms with E-state index in [0.717, 1.165) is 78.1 Å². The maximum atomic E-state index is 9.37. The van der Waals surface area contributed by atoms with Crippen molar-refractivity contribution in [2.45, 2.75) is 78.4 Å². The van der Waals surface area contributed by atoms with Crippen molar-refractivity contribution >= 4 is 46.4 Å². The van der Waals surface area contributed by atoms with Crippen LogP contribution in [0.3, 0.4) is 0 Å². The zero-order valence-electron chi connectivity index (χ0n) is 40.2. The predicted molar refractivity (Wildman–Crippen MR) is 274 cm³/mol. The van der Waals surface area contributed by atoms with Gasteiger partial charge in [0, 0.05) is 50.0 Å². The Kier molecular flexibility index (Phi) is 12.9. The van der Waals surface area contributed by atoms with Crippen LogP contribution in [0, 0.1) is 19.1 Å². The van der Waals surface area contributed by atoms with Gasteiger partial charge in [-0.25, -0.2) is 4.98 Å². The molecule has 0 aliphatic carbocycles. The summed E-state index contributed by atoms with van der Waals surface area (Å²) in [6, 6.07) is 60.9. The summed E-state index contributed by atoms with van der Waals surface area (Å²) in [4.78, 5) is 14.5. The average molecular weight is 1060 g/mol. The van der Waals surface area contributed by atoms with Crippen LogP contribution in [0.4, 0.5) is 0 Å². The molecule has 2 atom stereocenters. The Bertz CT molecular complexity index is 3330. The first kappa shape index (κ1) is 44.9. The Morgan fingerprint density at radius 1 is 0.727 bits per heavy atom. The third-order valence-electron chi connectivity index (χ3n) is 12.5. The molecule has 4 aromatic heterocycles. The summed E-state index contributed by atoms with van der Waals surface area (Å²) < 4.78 is 18.0. The van der Waals surface area contributed by atoms with Crippen LogP contribution in [-0.2, 0) is 25.5 Å².